The minimum atomic E-state index is -4.54. The van der Waals surface area contributed by atoms with Gasteiger partial charge in [-0.3, -0.25) is 4.79 Å². The molecule has 17 heavy (non-hydrogen) atoms. The molecule has 0 aromatic carbocycles. The topological polar surface area (TPSA) is 52.3 Å². The highest BCUT2D eigenvalue weighted by molar-refractivity contribution is 5.74. The van der Waals surface area contributed by atoms with Crippen molar-refractivity contribution < 1.29 is 22.7 Å². The van der Waals surface area contributed by atoms with Gasteiger partial charge in [-0.25, -0.2) is 0 Å². The molecular formula is C11H18F3NO2. The maximum absolute atomic E-state index is 12.5. The van der Waals surface area contributed by atoms with Crippen LogP contribution in [-0.2, 0) is 9.53 Å². The lowest BCUT2D eigenvalue weighted by Gasteiger charge is -2.24. The molecule has 1 saturated carbocycles. The maximum atomic E-state index is 12.5. The second-order valence-electron chi connectivity index (χ2n) is 4.45. The third-order valence-electron chi connectivity index (χ3n) is 2.91. The first-order chi connectivity index (χ1) is 7.88. The van der Waals surface area contributed by atoms with E-state index in [2.05, 4.69) is 0 Å². The molecule has 0 aliphatic heterocycles. The molecule has 0 radical (unpaired) electrons. The quantitative estimate of drug-likeness (QED) is 0.583. The Morgan fingerprint density at radius 1 is 1.47 bits per heavy atom. The lowest BCUT2D eigenvalue weighted by atomic mass is 9.95. The van der Waals surface area contributed by atoms with Crippen molar-refractivity contribution in [1.82, 2.24) is 0 Å². The summed E-state index contributed by atoms with van der Waals surface area (Å²) in [5, 5.41) is 0. The predicted octanol–water partition coefficient (Wildman–Crippen LogP) is 2.25. The minimum absolute atomic E-state index is 0.170. The molecule has 6 heteroatoms. The lowest BCUT2D eigenvalue weighted by molar-refractivity contribution is -0.178. The zero-order chi connectivity index (χ0) is 13.1. The Balaban J connectivity index is 2.56. The normalized spacial score (nSPS) is 19.8. The molecule has 1 aliphatic carbocycles. The summed E-state index contributed by atoms with van der Waals surface area (Å²) >= 11 is 0. The number of ether oxygens (including phenoxy) is 1. The van der Waals surface area contributed by atoms with Crippen LogP contribution in [0.3, 0.4) is 0 Å². The standard InChI is InChI=1S/C11H18F3NO2/c1-2-3-6-17-10(16)8(7-4-5-7)9(15)11(12,13)14/h7-9H,2-6,15H2,1H3/t8-,9-/m0/s1. The Morgan fingerprint density at radius 3 is 2.47 bits per heavy atom. The van der Waals surface area contributed by atoms with E-state index in [1.807, 2.05) is 6.92 Å². The molecule has 0 bridgehead atoms. The number of hydrogen-bond acceptors (Lipinski definition) is 3. The van der Waals surface area contributed by atoms with E-state index in [0.717, 1.165) is 6.42 Å². The molecule has 3 nitrogen and oxygen atoms in total. The van der Waals surface area contributed by atoms with E-state index in [4.69, 9.17) is 10.5 Å². The number of rotatable bonds is 6. The zero-order valence-electron chi connectivity index (χ0n) is 9.80. The first kappa shape index (κ1) is 14.3. The van der Waals surface area contributed by atoms with Gasteiger partial charge in [0.1, 0.15) is 6.04 Å². The first-order valence-electron chi connectivity index (χ1n) is 5.86. The van der Waals surface area contributed by atoms with Crippen molar-refractivity contribution in [2.24, 2.45) is 17.6 Å². The van der Waals surface area contributed by atoms with Gasteiger partial charge in [0, 0.05) is 0 Å². The molecule has 0 aromatic rings. The van der Waals surface area contributed by atoms with Crippen LogP contribution in [0, 0.1) is 11.8 Å². The van der Waals surface area contributed by atoms with Crippen LogP contribution in [-0.4, -0.2) is 24.8 Å². The van der Waals surface area contributed by atoms with E-state index < -0.39 is 24.1 Å². The first-order valence-corrected chi connectivity index (χ1v) is 5.86. The highest BCUT2D eigenvalue weighted by Gasteiger charge is 2.51. The summed E-state index contributed by atoms with van der Waals surface area (Å²) in [6, 6.07) is -2.11. The fourth-order valence-electron chi connectivity index (χ4n) is 1.70. The van der Waals surface area contributed by atoms with Crippen LogP contribution >= 0.6 is 0 Å². The molecule has 0 saturated heterocycles. The van der Waals surface area contributed by atoms with Crippen molar-refractivity contribution in [2.45, 2.75) is 44.8 Å². The van der Waals surface area contributed by atoms with Crippen molar-refractivity contribution in [2.75, 3.05) is 6.61 Å². The average molecular weight is 253 g/mol. The van der Waals surface area contributed by atoms with Gasteiger partial charge in [-0.1, -0.05) is 13.3 Å². The van der Waals surface area contributed by atoms with Crippen LogP contribution in [0.25, 0.3) is 0 Å². The van der Waals surface area contributed by atoms with E-state index in [0.29, 0.717) is 19.3 Å². The average Bonchev–Trinajstić information content (AvgIpc) is 3.01. The molecule has 0 aromatic heterocycles. The summed E-state index contributed by atoms with van der Waals surface area (Å²) in [5.74, 6) is -2.29. The Kier molecular flexibility index (Phi) is 4.80. The predicted molar refractivity (Wildman–Crippen MR) is 56.1 cm³/mol. The molecule has 0 heterocycles. The van der Waals surface area contributed by atoms with Crippen LogP contribution in [0.2, 0.25) is 0 Å². The molecule has 2 atom stereocenters. The monoisotopic (exact) mass is 253 g/mol. The Morgan fingerprint density at radius 2 is 2.06 bits per heavy atom. The fourth-order valence-corrected chi connectivity index (χ4v) is 1.70. The van der Waals surface area contributed by atoms with Gasteiger partial charge in [0.2, 0.25) is 0 Å². The third-order valence-corrected chi connectivity index (χ3v) is 2.91. The molecule has 1 rings (SSSR count). The van der Waals surface area contributed by atoms with E-state index in [9.17, 15) is 18.0 Å². The van der Waals surface area contributed by atoms with Crippen molar-refractivity contribution in [3.8, 4) is 0 Å². The Hall–Kier alpha value is -0.780. The molecule has 0 amide bonds. The van der Waals surface area contributed by atoms with E-state index >= 15 is 0 Å². The molecule has 1 aliphatic rings. The van der Waals surface area contributed by atoms with E-state index in [-0.39, 0.29) is 12.5 Å². The zero-order valence-corrected chi connectivity index (χ0v) is 9.80. The number of esters is 1. The summed E-state index contributed by atoms with van der Waals surface area (Å²) in [6.07, 6.45) is -1.82. The van der Waals surface area contributed by atoms with Crippen LogP contribution in [0.5, 0.6) is 0 Å². The molecule has 0 unspecified atom stereocenters. The van der Waals surface area contributed by atoms with Gasteiger partial charge in [-0.15, -0.1) is 0 Å². The second kappa shape index (κ2) is 5.71. The molecule has 100 valence electrons. The van der Waals surface area contributed by atoms with Crippen molar-refractivity contribution >= 4 is 5.97 Å². The second-order valence-corrected chi connectivity index (χ2v) is 4.45. The molecule has 2 N–H and O–H groups in total. The number of carbonyl (C=O) groups excluding carboxylic acids is 1. The van der Waals surface area contributed by atoms with Crippen LogP contribution in [0.15, 0.2) is 0 Å². The molecule has 1 fully saturated rings. The summed E-state index contributed by atoms with van der Waals surface area (Å²) in [4.78, 5) is 11.6. The SMILES string of the molecule is CCCCOC(=O)[C@@H](C1CC1)[C@H](N)C(F)(F)F. The Labute approximate surface area is 98.5 Å². The minimum Gasteiger partial charge on any atom is -0.465 e. The number of alkyl halides is 3. The highest BCUT2D eigenvalue weighted by Crippen LogP contribution is 2.42. The van der Waals surface area contributed by atoms with Crippen LogP contribution < -0.4 is 5.73 Å². The van der Waals surface area contributed by atoms with Crippen molar-refractivity contribution in [3.63, 3.8) is 0 Å². The van der Waals surface area contributed by atoms with Crippen molar-refractivity contribution in [1.29, 1.82) is 0 Å². The number of hydrogen-bond donors (Lipinski definition) is 1. The number of carbonyl (C=O) groups is 1. The smallest absolute Gasteiger partial charge is 0.404 e. The maximum Gasteiger partial charge on any atom is 0.404 e. The summed E-state index contributed by atoms with van der Waals surface area (Å²) in [5.41, 5.74) is 5.12. The van der Waals surface area contributed by atoms with Gasteiger partial charge < -0.3 is 10.5 Å². The lowest BCUT2D eigenvalue weighted by Crippen LogP contribution is -2.48. The van der Waals surface area contributed by atoms with Gasteiger partial charge in [0.25, 0.3) is 0 Å². The van der Waals surface area contributed by atoms with Crippen molar-refractivity contribution in [3.05, 3.63) is 0 Å². The van der Waals surface area contributed by atoms with E-state index in [1.54, 1.807) is 0 Å². The molecule has 0 spiro atoms. The van der Waals surface area contributed by atoms with Gasteiger partial charge in [-0.05, 0) is 25.2 Å². The highest BCUT2D eigenvalue weighted by atomic mass is 19.4. The van der Waals surface area contributed by atoms with Gasteiger partial charge in [0.05, 0.1) is 12.5 Å². The summed E-state index contributed by atoms with van der Waals surface area (Å²) in [7, 11) is 0. The van der Waals surface area contributed by atoms with Crippen LogP contribution in [0.4, 0.5) is 13.2 Å². The largest absolute Gasteiger partial charge is 0.465 e. The van der Waals surface area contributed by atoms with Gasteiger partial charge >= 0.3 is 12.1 Å². The molecular weight excluding hydrogens is 235 g/mol. The fraction of sp³-hybridized carbons (Fsp3) is 0.909. The van der Waals surface area contributed by atoms with Crippen LogP contribution in [0.1, 0.15) is 32.6 Å². The number of halogens is 3. The number of unbranched alkanes of at least 4 members (excludes halogenated alkanes) is 1. The third kappa shape index (κ3) is 4.18. The van der Waals surface area contributed by atoms with Gasteiger partial charge in [0.15, 0.2) is 0 Å². The van der Waals surface area contributed by atoms with E-state index in [1.165, 1.54) is 0 Å². The summed E-state index contributed by atoms with van der Waals surface area (Å²) in [6.45, 7) is 2.08. The number of nitrogens with two attached hydrogens (primary N) is 1. The summed E-state index contributed by atoms with van der Waals surface area (Å²) < 4.78 is 42.4. The Bertz CT molecular complexity index is 264. The van der Waals surface area contributed by atoms with Gasteiger partial charge in [-0.2, -0.15) is 13.2 Å².